The van der Waals surface area contributed by atoms with Crippen LogP contribution >= 0.6 is 0 Å². The molecule has 0 amide bonds. The molecule has 0 aromatic heterocycles. The maximum Gasteiger partial charge on any atom is 0.246 e. The van der Waals surface area contributed by atoms with Gasteiger partial charge in [-0.05, 0) is 37.8 Å². The third-order valence-corrected chi connectivity index (χ3v) is 3.66. The molecule has 140 valence electrons. The lowest BCUT2D eigenvalue weighted by atomic mass is 10.1. The van der Waals surface area contributed by atoms with Crippen molar-refractivity contribution >= 4 is 6.29 Å². The molecule has 7 nitrogen and oxygen atoms in total. The van der Waals surface area contributed by atoms with Crippen molar-refractivity contribution in [2.45, 2.75) is 71.1 Å². The SMILES string of the molecule is CC/C=C\C/C=C(\C/C=C(\CCCCCCCC=O)[N+](=O)[O-])[N+](=O)[O-]. The van der Waals surface area contributed by atoms with Crippen molar-refractivity contribution < 1.29 is 14.6 Å². The number of unbranched alkanes of at least 4 members (excludes halogenated alkanes) is 5. The highest BCUT2D eigenvalue weighted by Gasteiger charge is 2.14. The molecular weight excluding hydrogens is 324 g/mol. The number of carbonyl (C=O) groups is 1. The summed E-state index contributed by atoms with van der Waals surface area (Å²) in [6.45, 7) is 1.98. The summed E-state index contributed by atoms with van der Waals surface area (Å²) < 4.78 is 0. The first-order chi connectivity index (χ1) is 12.0. The fourth-order valence-electron chi connectivity index (χ4n) is 2.25. The number of hydrogen-bond acceptors (Lipinski definition) is 5. The summed E-state index contributed by atoms with van der Waals surface area (Å²) in [6, 6.07) is 0. The van der Waals surface area contributed by atoms with Crippen LogP contribution in [0.3, 0.4) is 0 Å². The van der Waals surface area contributed by atoms with Gasteiger partial charge in [-0.3, -0.25) is 20.2 Å². The molecule has 0 saturated heterocycles. The van der Waals surface area contributed by atoms with E-state index in [2.05, 4.69) is 0 Å². The van der Waals surface area contributed by atoms with E-state index in [0.717, 1.165) is 38.4 Å². The Labute approximate surface area is 148 Å². The zero-order valence-corrected chi connectivity index (χ0v) is 14.9. The molecule has 0 aromatic rings. The Morgan fingerprint density at radius 2 is 1.52 bits per heavy atom. The Bertz CT molecular complexity index is 510. The maximum absolute atomic E-state index is 11.1. The molecule has 0 saturated carbocycles. The van der Waals surface area contributed by atoms with E-state index in [1.807, 2.05) is 19.1 Å². The van der Waals surface area contributed by atoms with Gasteiger partial charge in [0, 0.05) is 12.8 Å². The minimum absolute atomic E-state index is 0.0195. The molecule has 0 N–H and O–H groups in total. The highest BCUT2D eigenvalue weighted by atomic mass is 16.6. The van der Waals surface area contributed by atoms with Crippen LogP contribution in [0, 0.1) is 20.2 Å². The van der Waals surface area contributed by atoms with Gasteiger partial charge in [-0.25, -0.2) is 0 Å². The Morgan fingerprint density at radius 3 is 2.12 bits per heavy atom. The molecule has 0 unspecified atom stereocenters. The minimum Gasteiger partial charge on any atom is -0.303 e. The van der Waals surface area contributed by atoms with Gasteiger partial charge < -0.3 is 4.79 Å². The molecule has 0 heterocycles. The summed E-state index contributed by atoms with van der Waals surface area (Å²) >= 11 is 0. The Hall–Kier alpha value is -2.31. The number of nitro groups is 2. The highest BCUT2D eigenvalue weighted by Crippen LogP contribution is 2.15. The van der Waals surface area contributed by atoms with E-state index in [-0.39, 0.29) is 17.8 Å². The Morgan fingerprint density at radius 1 is 0.880 bits per heavy atom. The second-order valence-corrected chi connectivity index (χ2v) is 5.70. The van der Waals surface area contributed by atoms with Crippen molar-refractivity contribution in [2.75, 3.05) is 0 Å². The zero-order valence-electron chi connectivity index (χ0n) is 14.9. The summed E-state index contributed by atoms with van der Waals surface area (Å²) in [5.74, 6) is 0. The molecular formula is C18H28N2O5. The van der Waals surface area contributed by atoms with Crippen LogP contribution in [-0.2, 0) is 4.79 Å². The number of hydrogen-bond donors (Lipinski definition) is 0. The molecule has 0 bridgehead atoms. The fourth-order valence-corrected chi connectivity index (χ4v) is 2.25. The lowest BCUT2D eigenvalue weighted by Crippen LogP contribution is -2.02. The van der Waals surface area contributed by atoms with E-state index in [1.165, 1.54) is 12.2 Å². The van der Waals surface area contributed by atoms with Crippen LogP contribution in [-0.4, -0.2) is 16.1 Å². The first kappa shape index (κ1) is 22.7. The van der Waals surface area contributed by atoms with Crippen molar-refractivity contribution in [3.05, 3.63) is 55.9 Å². The summed E-state index contributed by atoms with van der Waals surface area (Å²) in [5.41, 5.74) is 0.0127. The van der Waals surface area contributed by atoms with E-state index in [1.54, 1.807) is 0 Å². The van der Waals surface area contributed by atoms with Crippen molar-refractivity contribution in [2.24, 2.45) is 0 Å². The molecule has 0 rings (SSSR count). The molecule has 25 heavy (non-hydrogen) atoms. The summed E-state index contributed by atoms with van der Waals surface area (Å²) in [6.07, 6.45) is 13.9. The average Bonchev–Trinajstić information content (AvgIpc) is 2.57. The molecule has 0 aliphatic carbocycles. The summed E-state index contributed by atoms with van der Waals surface area (Å²) in [5, 5.41) is 22.1. The molecule has 0 fully saturated rings. The van der Waals surface area contributed by atoms with Crippen LogP contribution in [0.15, 0.2) is 35.7 Å². The Kier molecular flexibility index (Phi) is 13.8. The van der Waals surface area contributed by atoms with Crippen LogP contribution in [0.4, 0.5) is 0 Å². The first-order valence-corrected chi connectivity index (χ1v) is 8.78. The average molecular weight is 352 g/mol. The zero-order chi connectivity index (χ0) is 18.9. The van der Waals surface area contributed by atoms with Crippen LogP contribution in [0.25, 0.3) is 0 Å². The summed E-state index contributed by atoms with van der Waals surface area (Å²) in [7, 11) is 0. The monoisotopic (exact) mass is 352 g/mol. The summed E-state index contributed by atoms with van der Waals surface area (Å²) in [4.78, 5) is 31.4. The van der Waals surface area contributed by atoms with Gasteiger partial charge in [0.25, 0.3) is 0 Å². The molecule has 0 spiro atoms. The van der Waals surface area contributed by atoms with Crippen LogP contribution in [0.2, 0.25) is 0 Å². The van der Waals surface area contributed by atoms with Crippen LogP contribution in [0.5, 0.6) is 0 Å². The predicted molar refractivity (Wildman–Crippen MR) is 97.2 cm³/mol. The number of aldehydes is 1. The van der Waals surface area contributed by atoms with Gasteiger partial charge >= 0.3 is 0 Å². The molecule has 7 heteroatoms. The van der Waals surface area contributed by atoms with E-state index < -0.39 is 9.85 Å². The molecule has 0 aromatic carbocycles. The van der Waals surface area contributed by atoms with Gasteiger partial charge in [-0.2, -0.15) is 0 Å². The predicted octanol–water partition coefficient (Wildman–Crippen LogP) is 4.98. The number of nitrogens with zero attached hydrogens (tertiary/aromatic N) is 2. The van der Waals surface area contributed by atoms with Gasteiger partial charge in [0.2, 0.25) is 11.4 Å². The second kappa shape index (κ2) is 15.2. The largest absolute Gasteiger partial charge is 0.303 e. The van der Waals surface area contributed by atoms with Gasteiger partial charge in [-0.1, -0.05) is 38.3 Å². The van der Waals surface area contributed by atoms with Crippen molar-refractivity contribution in [1.82, 2.24) is 0 Å². The van der Waals surface area contributed by atoms with Crippen molar-refractivity contribution in [3.63, 3.8) is 0 Å². The Balaban J connectivity index is 4.47. The fraction of sp³-hybridized carbons (Fsp3) is 0.611. The quantitative estimate of drug-likeness (QED) is 0.136. The highest BCUT2D eigenvalue weighted by molar-refractivity contribution is 5.48. The molecule has 0 radical (unpaired) electrons. The van der Waals surface area contributed by atoms with Gasteiger partial charge in [-0.15, -0.1) is 0 Å². The topological polar surface area (TPSA) is 103 Å². The molecule has 0 aliphatic rings. The number of rotatable bonds is 15. The van der Waals surface area contributed by atoms with E-state index >= 15 is 0 Å². The molecule has 0 aliphatic heterocycles. The van der Waals surface area contributed by atoms with Crippen molar-refractivity contribution in [3.8, 4) is 0 Å². The third kappa shape index (κ3) is 12.7. The smallest absolute Gasteiger partial charge is 0.246 e. The number of carbonyl (C=O) groups excluding carboxylic acids is 1. The lowest BCUT2D eigenvalue weighted by Gasteiger charge is -2.00. The van der Waals surface area contributed by atoms with Crippen LogP contribution < -0.4 is 0 Å². The van der Waals surface area contributed by atoms with Gasteiger partial charge in [0.15, 0.2) is 0 Å². The lowest BCUT2D eigenvalue weighted by molar-refractivity contribution is -0.432. The van der Waals surface area contributed by atoms with E-state index in [4.69, 9.17) is 0 Å². The van der Waals surface area contributed by atoms with Gasteiger partial charge in [0.05, 0.1) is 16.3 Å². The first-order valence-electron chi connectivity index (χ1n) is 8.78. The standard InChI is InChI=1S/C18H28N2O5/c1-2-3-4-9-12-17(19(22)23)14-15-18(20(24)25)13-10-7-5-6-8-11-16-21/h3-4,12,15-16H,2,5-11,13-14H2,1H3/b4-3-,17-12+,18-15+. The van der Waals surface area contributed by atoms with Crippen LogP contribution in [0.1, 0.15) is 71.1 Å². The van der Waals surface area contributed by atoms with E-state index in [0.29, 0.717) is 25.7 Å². The van der Waals surface area contributed by atoms with Gasteiger partial charge in [0.1, 0.15) is 6.29 Å². The molecule has 0 atom stereocenters. The second-order valence-electron chi connectivity index (χ2n) is 5.70. The number of allylic oxidation sites excluding steroid dienone is 5. The third-order valence-electron chi connectivity index (χ3n) is 3.66. The maximum atomic E-state index is 11.1. The minimum atomic E-state index is -0.485. The van der Waals surface area contributed by atoms with Crippen molar-refractivity contribution in [1.29, 1.82) is 0 Å². The normalized spacial score (nSPS) is 12.5. The van der Waals surface area contributed by atoms with E-state index in [9.17, 15) is 25.0 Å².